The summed E-state index contributed by atoms with van der Waals surface area (Å²) >= 11 is 5.32. The van der Waals surface area contributed by atoms with Crippen molar-refractivity contribution in [1.29, 1.82) is 0 Å². The van der Waals surface area contributed by atoms with Gasteiger partial charge in [-0.05, 0) is 20.8 Å². The molecule has 1 aliphatic heterocycles. The molecular weight excluding hydrogens is 359 g/mol. The largest absolute Gasteiger partial charge is 0.406 e. The van der Waals surface area contributed by atoms with Gasteiger partial charge in [0.1, 0.15) is 5.82 Å². The third-order valence-electron chi connectivity index (χ3n) is 3.10. The van der Waals surface area contributed by atoms with Crippen molar-refractivity contribution in [2.75, 3.05) is 39.4 Å². The lowest BCUT2D eigenvalue weighted by molar-refractivity contribution is 0.215. The number of nitrogens with zero attached hydrogens (tertiary/aromatic N) is 2. The van der Waals surface area contributed by atoms with Crippen LogP contribution in [0.3, 0.4) is 0 Å². The molecule has 0 atom stereocenters. The van der Waals surface area contributed by atoms with Gasteiger partial charge in [-0.3, -0.25) is 9.05 Å². The van der Waals surface area contributed by atoms with E-state index in [0.29, 0.717) is 19.1 Å². The van der Waals surface area contributed by atoms with Crippen LogP contribution in [0.1, 0.15) is 45.1 Å². The van der Waals surface area contributed by atoms with Crippen LogP contribution in [0.4, 0.5) is 0 Å². The molecule has 0 unspecified atom stereocenters. The van der Waals surface area contributed by atoms with E-state index in [0.717, 1.165) is 37.7 Å². The molecule has 0 bridgehead atoms. The number of rotatable bonds is 7. The average molecular weight is 390 g/mol. The van der Waals surface area contributed by atoms with Crippen LogP contribution in [0.25, 0.3) is 0 Å². The molecule has 7 nitrogen and oxygen atoms in total. The van der Waals surface area contributed by atoms with Gasteiger partial charge in [0.25, 0.3) is 0 Å². The van der Waals surface area contributed by atoms with E-state index in [4.69, 9.17) is 25.4 Å². The summed E-state index contributed by atoms with van der Waals surface area (Å²) in [5.41, 5.74) is 0.836. The monoisotopic (exact) mass is 390 g/mol. The van der Waals surface area contributed by atoms with Gasteiger partial charge >= 0.3 is 6.72 Å². The fourth-order valence-electron chi connectivity index (χ4n) is 1.99. The van der Waals surface area contributed by atoms with Crippen molar-refractivity contribution in [3.63, 3.8) is 0 Å². The molecule has 1 saturated heterocycles. The van der Waals surface area contributed by atoms with Crippen molar-refractivity contribution in [3.05, 3.63) is 17.6 Å². The molecule has 2 heterocycles. The Balaban J connectivity index is 0.000000435. The first-order valence-electron chi connectivity index (χ1n) is 8.76. The summed E-state index contributed by atoms with van der Waals surface area (Å²) in [5, 5.41) is 6.44. The first-order chi connectivity index (χ1) is 11.9. The van der Waals surface area contributed by atoms with E-state index in [2.05, 4.69) is 20.6 Å². The Kier molecular flexibility index (Phi) is 10.7. The minimum absolute atomic E-state index is 0.222. The Morgan fingerprint density at radius 2 is 1.60 bits per heavy atom. The quantitative estimate of drug-likeness (QED) is 0.688. The highest BCUT2D eigenvalue weighted by atomic mass is 32.5. The van der Waals surface area contributed by atoms with Crippen molar-refractivity contribution in [1.82, 2.24) is 20.6 Å². The van der Waals surface area contributed by atoms with Gasteiger partial charge in [-0.2, -0.15) is 4.98 Å². The van der Waals surface area contributed by atoms with E-state index in [9.17, 15) is 0 Å². The Morgan fingerprint density at radius 1 is 1.08 bits per heavy atom. The van der Waals surface area contributed by atoms with Crippen LogP contribution in [0.15, 0.2) is 6.07 Å². The standard InChI is InChI=1S/C12H21N2O3PS.C4H10N2/c1-6-15-18(19,16-7-2)17-11-8-10(5)13-12(14-11)9(3)4;1-2-6-4-3-5-1/h8-9H,6-7H2,1-5H3;5-6H,1-4H2. The van der Waals surface area contributed by atoms with E-state index >= 15 is 0 Å². The number of hydrogen-bond donors (Lipinski definition) is 2. The second-order valence-corrected chi connectivity index (χ2v) is 8.67. The van der Waals surface area contributed by atoms with Crippen LogP contribution in [0.2, 0.25) is 0 Å². The average Bonchev–Trinajstić information content (AvgIpc) is 2.56. The summed E-state index contributed by atoms with van der Waals surface area (Å²) in [6.07, 6.45) is 0. The molecule has 0 spiro atoms. The number of nitrogens with one attached hydrogen (secondary N) is 2. The van der Waals surface area contributed by atoms with Crippen molar-refractivity contribution in [3.8, 4) is 5.88 Å². The van der Waals surface area contributed by atoms with Crippen LogP contribution < -0.4 is 15.2 Å². The summed E-state index contributed by atoms with van der Waals surface area (Å²) < 4.78 is 16.6. The minimum atomic E-state index is -2.77. The summed E-state index contributed by atoms with van der Waals surface area (Å²) in [7, 11) is 0. The molecule has 0 aliphatic carbocycles. The molecule has 144 valence electrons. The lowest BCUT2D eigenvalue weighted by Crippen LogP contribution is -2.39. The second-order valence-electron chi connectivity index (χ2n) is 5.73. The van der Waals surface area contributed by atoms with Crippen molar-refractivity contribution in [2.45, 2.75) is 40.5 Å². The number of hydrogen-bond acceptors (Lipinski definition) is 8. The topological polar surface area (TPSA) is 77.5 Å². The molecule has 0 saturated carbocycles. The fraction of sp³-hybridized carbons (Fsp3) is 0.750. The van der Waals surface area contributed by atoms with Gasteiger partial charge in [0, 0.05) is 55.7 Å². The Hall–Kier alpha value is -0.630. The smallest absolute Gasteiger partial charge is 0.381 e. The van der Waals surface area contributed by atoms with Gasteiger partial charge in [-0.1, -0.05) is 13.8 Å². The number of aromatic nitrogens is 2. The summed E-state index contributed by atoms with van der Waals surface area (Å²) in [6.45, 7) is 12.3. The highest BCUT2D eigenvalue weighted by Crippen LogP contribution is 2.49. The highest BCUT2D eigenvalue weighted by Gasteiger charge is 2.22. The van der Waals surface area contributed by atoms with Gasteiger partial charge in [-0.25, -0.2) is 4.98 Å². The van der Waals surface area contributed by atoms with Crippen molar-refractivity contribution < 1.29 is 13.6 Å². The van der Waals surface area contributed by atoms with Gasteiger partial charge in [0.15, 0.2) is 0 Å². The molecule has 2 N–H and O–H groups in total. The van der Waals surface area contributed by atoms with E-state index in [1.807, 2.05) is 34.6 Å². The Labute approximate surface area is 156 Å². The lowest BCUT2D eigenvalue weighted by Gasteiger charge is -2.20. The SMILES string of the molecule is C1CNCCN1.CCOP(=S)(OCC)Oc1cc(C)nc(C(C)C)n1. The van der Waals surface area contributed by atoms with Gasteiger partial charge in [-0.15, -0.1) is 0 Å². The summed E-state index contributed by atoms with van der Waals surface area (Å²) in [4.78, 5) is 8.71. The minimum Gasteiger partial charge on any atom is -0.406 e. The Bertz CT molecular complexity index is 535. The van der Waals surface area contributed by atoms with Gasteiger partial charge < -0.3 is 15.2 Å². The van der Waals surface area contributed by atoms with Crippen LogP contribution in [0.5, 0.6) is 5.88 Å². The van der Waals surface area contributed by atoms with Crippen LogP contribution in [-0.2, 0) is 20.9 Å². The van der Waals surface area contributed by atoms with E-state index in [-0.39, 0.29) is 5.92 Å². The third-order valence-corrected chi connectivity index (χ3v) is 5.52. The zero-order valence-corrected chi connectivity index (χ0v) is 17.6. The molecule has 25 heavy (non-hydrogen) atoms. The predicted molar refractivity (Wildman–Crippen MR) is 105 cm³/mol. The van der Waals surface area contributed by atoms with E-state index < -0.39 is 6.72 Å². The van der Waals surface area contributed by atoms with Gasteiger partial charge in [0.2, 0.25) is 5.88 Å². The van der Waals surface area contributed by atoms with Crippen LogP contribution in [-0.4, -0.2) is 49.4 Å². The first-order valence-corrected chi connectivity index (χ1v) is 11.3. The van der Waals surface area contributed by atoms with Crippen molar-refractivity contribution in [2.24, 2.45) is 0 Å². The maximum atomic E-state index is 5.68. The number of piperazine rings is 1. The van der Waals surface area contributed by atoms with Crippen molar-refractivity contribution >= 4 is 18.5 Å². The molecule has 1 aromatic rings. The van der Waals surface area contributed by atoms with E-state index in [1.165, 1.54) is 0 Å². The highest BCUT2D eigenvalue weighted by molar-refractivity contribution is 8.07. The van der Waals surface area contributed by atoms with Gasteiger partial charge in [0.05, 0.1) is 13.2 Å². The van der Waals surface area contributed by atoms with E-state index in [1.54, 1.807) is 6.07 Å². The molecule has 2 rings (SSSR count). The second kappa shape index (κ2) is 11.9. The zero-order chi connectivity index (χ0) is 18.7. The predicted octanol–water partition coefficient (Wildman–Crippen LogP) is 2.76. The zero-order valence-electron chi connectivity index (χ0n) is 15.9. The maximum absolute atomic E-state index is 5.68. The molecule has 1 aromatic heterocycles. The molecule has 9 heteroatoms. The fourth-order valence-corrected chi connectivity index (χ4v) is 3.99. The molecule has 0 radical (unpaired) electrons. The first kappa shape index (κ1) is 22.4. The molecule has 0 aromatic carbocycles. The lowest BCUT2D eigenvalue weighted by atomic mass is 10.2. The Morgan fingerprint density at radius 3 is 2.00 bits per heavy atom. The molecule has 1 fully saturated rings. The molecule has 1 aliphatic rings. The number of aryl methyl sites for hydroxylation is 1. The third kappa shape index (κ3) is 9.03. The summed E-state index contributed by atoms with van der Waals surface area (Å²) in [6, 6.07) is 1.74. The normalized spacial score (nSPS) is 14.8. The summed E-state index contributed by atoms with van der Waals surface area (Å²) in [5.74, 6) is 1.37. The molecular formula is C16H31N4O3PS. The molecule has 0 amide bonds. The van der Waals surface area contributed by atoms with Crippen LogP contribution in [0, 0.1) is 6.92 Å². The van der Waals surface area contributed by atoms with Crippen LogP contribution >= 0.6 is 6.72 Å². The maximum Gasteiger partial charge on any atom is 0.381 e.